The minimum Gasteiger partial charge on any atom is -0.430 e. The van der Waals surface area contributed by atoms with E-state index in [0.29, 0.717) is 5.88 Å². The van der Waals surface area contributed by atoms with Crippen LogP contribution in [0.15, 0.2) is 26.8 Å². The fraction of sp³-hybridized carbons (Fsp3) is 0. The first-order chi connectivity index (χ1) is 3.89. The van der Waals surface area contributed by atoms with Crippen molar-refractivity contribution in [2.45, 2.75) is 0 Å². The van der Waals surface area contributed by atoms with Crippen molar-refractivity contribution in [3.63, 3.8) is 0 Å². The van der Waals surface area contributed by atoms with Crippen molar-refractivity contribution >= 4 is 14.6 Å². The van der Waals surface area contributed by atoms with Gasteiger partial charge in [0.1, 0.15) is 0 Å². The topological polar surface area (TPSA) is 52.3 Å². The highest BCUT2D eigenvalue weighted by molar-refractivity contribution is 7.15. The van der Waals surface area contributed by atoms with Gasteiger partial charge in [-0.2, -0.15) is 0 Å². The van der Waals surface area contributed by atoms with E-state index in [-0.39, 0.29) is 8.67 Å². The molecule has 1 aromatic rings. The summed E-state index contributed by atoms with van der Waals surface area (Å²) in [5, 5.41) is 0. The minimum absolute atomic E-state index is 0.00502. The van der Waals surface area contributed by atoms with Crippen LogP contribution in [0.4, 0.5) is 5.88 Å². The molecule has 0 aliphatic rings. The first kappa shape index (κ1) is 5.32. The van der Waals surface area contributed by atoms with Gasteiger partial charge >= 0.3 is 0 Å². The third kappa shape index (κ3) is 1.35. The normalized spacial score (nSPS) is 9.50. The highest BCUT2D eigenvalue weighted by Gasteiger charge is 1.74. The number of nitrogen functional groups attached to an aromatic ring is 1. The summed E-state index contributed by atoms with van der Waals surface area (Å²) in [7, 11) is -0.00502. The molecule has 4 heteroatoms. The molecule has 1 aromatic heterocycles. The van der Waals surface area contributed by atoms with Gasteiger partial charge in [-0.15, -0.1) is 0 Å². The van der Waals surface area contributed by atoms with Gasteiger partial charge in [0.05, 0.1) is 6.26 Å². The summed E-state index contributed by atoms with van der Waals surface area (Å²) in [6.07, 6.45) is 1.54. The fourth-order valence-corrected chi connectivity index (χ4v) is 0.654. The predicted molar refractivity (Wildman–Crippen MR) is 32.5 cm³/mol. The van der Waals surface area contributed by atoms with Gasteiger partial charge in [-0.3, -0.25) is 0 Å². The molecule has 44 valence electrons. The molecule has 1 atom stereocenters. The van der Waals surface area contributed by atoms with Crippen molar-refractivity contribution in [2.24, 2.45) is 0 Å². The lowest BCUT2D eigenvalue weighted by molar-refractivity contribution is 0.619. The molecule has 0 amide bonds. The minimum atomic E-state index is -0.00502. The van der Waals surface area contributed by atoms with Gasteiger partial charge < -0.3 is 14.1 Å². The maximum absolute atomic E-state index is 5.25. The van der Waals surface area contributed by atoms with E-state index >= 15 is 0 Å². The van der Waals surface area contributed by atoms with E-state index in [9.17, 15) is 0 Å². The molecule has 0 bridgehead atoms. The van der Waals surface area contributed by atoms with E-state index in [1.165, 1.54) is 6.26 Å². The second-order valence-corrected chi connectivity index (χ2v) is 1.81. The van der Waals surface area contributed by atoms with Crippen molar-refractivity contribution in [3.8, 4) is 0 Å². The van der Waals surface area contributed by atoms with Gasteiger partial charge in [0, 0.05) is 6.07 Å². The Morgan fingerprint density at radius 2 is 2.50 bits per heavy atom. The van der Waals surface area contributed by atoms with Gasteiger partial charge in [-0.05, 0) is 6.07 Å². The summed E-state index contributed by atoms with van der Waals surface area (Å²) >= 11 is 0. The fourth-order valence-electron chi connectivity index (χ4n) is 0.307. The highest BCUT2D eigenvalue weighted by atomic mass is 31.1. The number of hydrogen-bond acceptors (Lipinski definition) is 3. The van der Waals surface area contributed by atoms with E-state index in [4.69, 9.17) is 14.1 Å². The summed E-state index contributed by atoms with van der Waals surface area (Å²) in [6, 6.07) is 3.33. The maximum atomic E-state index is 5.25. The maximum Gasteiger partial charge on any atom is 0.202 e. The molecule has 0 aliphatic heterocycles. The van der Waals surface area contributed by atoms with Crippen LogP contribution in [0.25, 0.3) is 0 Å². The molecule has 0 saturated heterocycles. The molecular formula is C4H6NO2P. The molecule has 0 saturated carbocycles. The quantitative estimate of drug-likeness (QED) is 0.581. The molecule has 0 radical (unpaired) electrons. The molecule has 2 N–H and O–H groups in total. The third-order valence-corrected chi connectivity index (χ3v) is 1.17. The highest BCUT2D eigenvalue weighted by Crippen LogP contribution is 2.06. The largest absolute Gasteiger partial charge is 0.430 e. The zero-order valence-electron chi connectivity index (χ0n) is 4.13. The number of hydrogen-bond donors (Lipinski definition) is 1. The molecule has 1 unspecified atom stereocenters. The van der Waals surface area contributed by atoms with Crippen LogP contribution < -0.4 is 5.73 Å². The smallest absolute Gasteiger partial charge is 0.202 e. The summed E-state index contributed by atoms with van der Waals surface area (Å²) in [6.45, 7) is 0. The number of nitrogens with two attached hydrogens (primary N) is 1. The van der Waals surface area contributed by atoms with Crippen molar-refractivity contribution in [1.29, 1.82) is 0 Å². The average molecular weight is 131 g/mol. The molecule has 8 heavy (non-hydrogen) atoms. The third-order valence-electron chi connectivity index (χ3n) is 0.615. The molecule has 1 rings (SSSR count). The Morgan fingerprint density at radius 1 is 1.62 bits per heavy atom. The summed E-state index contributed by atoms with van der Waals surface area (Å²) in [5.74, 6) is 0.400. The number of anilines is 1. The number of rotatable bonds is 0. The predicted octanol–water partition coefficient (Wildman–Crippen LogP) is 1.61. The van der Waals surface area contributed by atoms with Crippen LogP contribution in [0.1, 0.15) is 0 Å². The molecule has 0 spiro atoms. The summed E-state index contributed by atoms with van der Waals surface area (Å²) in [5.41, 5.74) is 5.25. The van der Waals surface area contributed by atoms with Crippen molar-refractivity contribution < 1.29 is 8.39 Å². The lowest BCUT2D eigenvalue weighted by Crippen LogP contribution is -1.76. The van der Waals surface area contributed by atoms with Gasteiger partial charge in [0.25, 0.3) is 0 Å². The first-order valence-corrected chi connectivity index (χ1v) is 2.91. The van der Waals surface area contributed by atoms with Crippen LogP contribution in [-0.4, -0.2) is 0 Å². The summed E-state index contributed by atoms with van der Waals surface area (Å²) < 4.78 is 9.54. The van der Waals surface area contributed by atoms with E-state index in [1.807, 2.05) is 0 Å². The standard InChI is InChI=1S/C4H6NO2P/c5-4-2-1-3-6-8-7-4/h1-3,8H,5H2. The van der Waals surface area contributed by atoms with Crippen LogP contribution in [0.3, 0.4) is 0 Å². The lowest BCUT2D eigenvalue weighted by Gasteiger charge is -1.76. The Kier molecular flexibility index (Phi) is 1.65. The van der Waals surface area contributed by atoms with Crippen LogP contribution in [0.2, 0.25) is 0 Å². The van der Waals surface area contributed by atoms with Gasteiger partial charge in [-0.25, -0.2) is 0 Å². The Hall–Kier alpha value is -0.820. The van der Waals surface area contributed by atoms with Crippen LogP contribution in [-0.2, 0) is 0 Å². The molecule has 0 aromatic carbocycles. The Labute approximate surface area is 48.1 Å². The zero-order chi connectivity index (χ0) is 5.82. The van der Waals surface area contributed by atoms with Gasteiger partial charge in [-0.1, -0.05) is 0 Å². The Balaban J connectivity index is 3.12. The van der Waals surface area contributed by atoms with Crippen LogP contribution in [0, 0.1) is 0 Å². The molecule has 0 fully saturated rings. The van der Waals surface area contributed by atoms with Crippen molar-refractivity contribution in [2.75, 3.05) is 5.73 Å². The monoisotopic (exact) mass is 131 g/mol. The van der Waals surface area contributed by atoms with E-state index < -0.39 is 0 Å². The molecular weight excluding hydrogens is 125 g/mol. The SMILES string of the molecule is Nc1ccco[pH]o1. The second-order valence-electron chi connectivity index (χ2n) is 1.20. The van der Waals surface area contributed by atoms with Crippen molar-refractivity contribution in [3.05, 3.63) is 18.4 Å². The lowest BCUT2D eigenvalue weighted by atomic mass is 10.6. The van der Waals surface area contributed by atoms with Crippen LogP contribution >= 0.6 is 8.67 Å². The molecule has 3 nitrogen and oxygen atoms in total. The second kappa shape index (κ2) is 2.48. The zero-order valence-corrected chi connectivity index (χ0v) is 5.13. The summed E-state index contributed by atoms with van der Waals surface area (Å²) in [4.78, 5) is 0. The van der Waals surface area contributed by atoms with Gasteiger partial charge in [0.2, 0.25) is 8.67 Å². The molecule has 0 aliphatic carbocycles. The van der Waals surface area contributed by atoms with E-state index in [1.54, 1.807) is 12.1 Å². The first-order valence-electron chi connectivity index (χ1n) is 2.09. The Bertz CT molecular complexity index is 168. The van der Waals surface area contributed by atoms with E-state index in [2.05, 4.69) is 0 Å². The molecule has 1 heterocycles. The Morgan fingerprint density at radius 3 is 3.38 bits per heavy atom. The average Bonchev–Trinajstić information content (AvgIpc) is 1.94. The van der Waals surface area contributed by atoms with Gasteiger partial charge in [0.15, 0.2) is 5.88 Å². The van der Waals surface area contributed by atoms with E-state index in [0.717, 1.165) is 0 Å². The van der Waals surface area contributed by atoms with Crippen molar-refractivity contribution in [1.82, 2.24) is 0 Å². The van der Waals surface area contributed by atoms with Crippen LogP contribution in [0.5, 0.6) is 0 Å².